The summed E-state index contributed by atoms with van der Waals surface area (Å²) in [7, 11) is 1.52. The SMILES string of the molecule is C=CC[C@H](C(=O)NOCc1ccccc1)[C@@H](CC(C)C)C(=O)N[C@H](C(=O)OCCOC)C(C)(C)C. The maximum Gasteiger partial charge on any atom is 0.329 e. The van der Waals surface area contributed by atoms with Crippen LogP contribution in [0.15, 0.2) is 43.0 Å². The van der Waals surface area contributed by atoms with Gasteiger partial charge in [0.25, 0.3) is 0 Å². The van der Waals surface area contributed by atoms with Crippen LogP contribution in [0.2, 0.25) is 0 Å². The number of carbonyl (C=O) groups is 3. The third-order valence-electron chi connectivity index (χ3n) is 5.48. The number of rotatable bonds is 15. The molecule has 0 heterocycles. The number of hydrogen-bond donors (Lipinski definition) is 2. The van der Waals surface area contributed by atoms with Crippen molar-refractivity contribution in [2.75, 3.05) is 20.3 Å². The van der Waals surface area contributed by atoms with Gasteiger partial charge in [-0.1, -0.05) is 71.0 Å². The molecule has 1 aromatic carbocycles. The number of methoxy groups -OCH3 is 1. The molecule has 1 rings (SSSR count). The Hall–Kier alpha value is -2.71. The number of carbonyl (C=O) groups excluding carboxylic acids is 3. The molecule has 2 N–H and O–H groups in total. The van der Waals surface area contributed by atoms with E-state index in [1.807, 2.05) is 65.0 Å². The van der Waals surface area contributed by atoms with Crippen molar-refractivity contribution in [3.8, 4) is 0 Å². The molecule has 8 heteroatoms. The Kier molecular flexibility index (Phi) is 13.3. The molecule has 35 heavy (non-hydrogen) atoms. The van der Waals surface area contributed by atoms with Gasteiger partial charge < -0.3 is 14.8 Å². The molecule has 0 spiro atoms. The number of amides is 2. The van der Waals surface area contributed by atoms with Crippen molar-refractivity contribution in [1.82, 2.24) is 10.8 Å². The van der Waals surface area contributed by atoms with E-state index in [1.165, 1.54) is 7.11 Å². The molecule has 0 bridgehead atoms. The van der Waals surface area contributed by atoms with Crippen molar-refractivity contribution in [2.24, 2.45) is 23.2 Å². The highest BCUT2D eigenvalue weighted by Gasteiger charge is 2.39. The number of hydroxylamine groups is 1. The molecule has 196 valence electrons. The number of benzene rings is 1. The Morgan fingerprint density at radius 1 is 1.03 bits per heavy atom. The summed E-state index contributed by atoms with van der Waals surface area (Å²) in [6.45, 7) is 13.8. The van der Waals surface area contributed by atoms with E-state index >= 15 is 0 Å². The van der Waals surface area contributed by atoms with Crippen molar-refractivity contribution in [1.29, 1.82) is 0 Å². The molecule has 0 aliphatic heterocycles. The van der Waals surface area contributed by atoms with Crippen molar-refractivity contribution in [3.63, 3.8) is 0 Å². The molecule has 0 aliphatic rings. The van der Waals surface area contributed by atoms with Gasteiger partial charge in [0.15, 0.2) is 0 Å². The Labute approximate surface area is 209 Å². The van der Waals surface area contributed by atoms with Crippen LogP contribution in [-0.4, -0.2) is 44.1 Å². The van der Waals surface area contributed by atoms with Crippen LogP contribution in [0.1, 0.15) is 53.0 Å². The highest BCUT2D eigenvalue weighted by molar-refractivity contribution is 5.90. The average Bonchev–Trinajstić information content (AvgIpc) is 2.79. The van der Waals surface area contributed by atoms with E-state index in [9.17, 15) is 14.4 Å². The molecular weight excluding hydrogens is 448 g/mol. The van der Waals surface area contributed by atoms with E-state index in [-0.39, 0.29) is 38.1 Å². The molecule has 0 saturated carbocycles. The fourth-order valence-corrected chi connectivity index (χ4v) is 3.62. The minimum atomic E-state index is -0.886. The predicted molar refractivity (Wildman–Crippen MR) is 135 cm³/mol. The van der Waals surface area contributed by atoms with Crippen molar-refractivity contribution in [3.05, 3.63) is 48.6 Å². The fraction of sp³-hybridized carbons (Fsp3) is 0.593. The third kappa shape index (κ3) is 11.0. The zero-order valence-electron chi connectivity index (χ0n) is 22.0. The van der Waals surface area contributed by atoms with Crippen molar-refractivity contribution >= 4 is 17.8 Å². The minimum Gasteiger partial charge on any atom is -0.462 e. The summed E-state index contributed by atoms with van der Waals surface area (Å²) in [5, 5.41) is 2.86. The topological polar surface area (TPSA) is 103 Å². The first-order valence-corrected chi connectivity index (χ1v) is 12.0. The second-order valence-corrected chi connectivity index (χ2v) is 10.1. The van der Waals surface area contributed by atoms with Crippen LogP contribution >= 0.6 is 0 Å². The van der Waals surface area contributed by atoms with Gasteiger partial charge in [-0.05, 0) is 29.7 Å². The summed E-state index contributed by atoms with van der Waals surface area (Å²) < 4.78 is 10.2. The molecule has 0 radical (unpaired) electrons. The highest BCUT2D eigenvalue weighted by atomic mass is 16.6. The summed E-state index contributed by atoms with van der Waals surface area (Å²) >= 11 is 0. The van der Waals surface area contributed by atoms with E-state index in [0.29, 0.717) is 6.42 Å². The lowest BCUT2D eigenvalue weighted by Crippen LogP contribution is -2.53. The van der Waals surface area contributed by atoms with E-state index in [4.69, 9.17) is 14.3 Å². The van der Waals surface area contributed by atoms with Gasteiger partial charge in [-0.2, -0.15) is 0 Å². The molecule has 3 atom stereocenters. The number of hydrogen-bond acceptors (Lipinski definition) is 6. The summed E-state index contributed by atoms with van der Waals surface area (Å²) in [4.78, 5) is 44.7. The Bertz CT molecular complexity index is 804. The molecule has 1 aromatic rings. The normalized spacial score (nSPS) is 14.0. The largest absolute Gasteiger partial charge is 0.462 e. The van der Waals surface area contributed by atoms with Crippen molar-refractivity contribution < 1.29 is 28.7 Å². The maximum atomic E-state index is 13.5. The van der Waals surface area contributed by atoms with Crippen LogP contribution < -0.4 is 10.8 Å². The molecule has 0 aliphatic carbocycles. The van der Waals surface area contributed by atoms with Crippen LogP contribution in [0.5, 0.6) is 0 Å². The summed E-state index contributed by atoms with van der Waals surface area (Å²) in [6.07, 6.45) is 2.35. The number of allylic oxidation sites excluding steroid dienone is 1. The molecular formula is C27H42N2O6. The molecule has 2 amide bonds. The van der Waals surface area contributed by atoms with Crippen LogP contribution in [0, 0.1) is 23.2 Å². The Morgan fingerprint density at radius 2 is 1.69 bits per heavy atom. The van der Waals surface area contributed by atoms with Crippen LogP contribution in [0.3, 0.4) is 0 Å². The number of esters is 1. The van der Waals surface area contributed by atoms with Gasteiger partial charge in [0.05, 0.1) is 25.0 Å². The first-order chi connectivity index (χ1) is 16.5. The van der Waals surface area contributed by atoms with Gasteiger partial charge in [-0.25, -0.2) is 10.3 Å². The second-order valence-electron chi connectivity index (χ2n) is 10.1. The quantitative estimate of drug-likeness (QED) is 0.168. The second kappa shape index (κ2) is 15.3. The van der Waals surface area contributed by atoms with E-state index < -0.39 is 35.2 Å². The van der Waals surface area contributed by atoms with E-state index in [0.717, 1.165) is 5.56 Å². The Morgan fingerprint density at radius 3 is 2.23 bits per heavy atom. The highest BCUT2D eigenvalue weighted by Crippen LogP contribution is 2.27. The monoisotopic (exact) mass is 490 g/mol. The zero-order valence-corrected chi connectivity index (χ0v) is 22.0. The third-order valence-corrected chi connectivity index (χ3v) is 5.48. The smallest absolute Gasteiger partial charge is 0.329 e. The molecule has 0 unspecified atom stereocenters. The number of ether oxygens (including phenoxy) is 2. The first kappa shape index (κ1) is 30.3. The van der Waals surface area contributed by atoms with Gasteiger partial charge >= 0.3 is 5.97 Å². The van der Waals surface area contributed by atoms with Crippen LogP contribution in [-0.2, 0) is 35.3 Å². The number of nitrogens with one attached hydrogen (secondary N) is 2. The van der Waals surface area contributed by atoms with Gasteiger partial charge in [0.1, 0.15) is 12.6 Å². The molecule has 0 fully saturated rings. The molecule has 0 aromatic heterocycles. The first-order valence-electron chi connectivity index (χ1n) is 12.0. The van der Waals surface area contributed by atoms with Crippen LogP contribution in [0.4, 0.5) is 0 Å². The fourth-order valence-electron chi connectivity index (χ4n) is 3.62. The van der Waals surface area contributed by atoms with Crippen molar-refractivity contribution in [2.45, 2.75) is 60.1 Å². The standard InChI is InChI=1S/C27H42N2O6/c1-8-12-21(25(31)29-35-18-20-13-10-9-11-14-20)22(17-19(2)3)24(30)28-23(27(4,5)6)26(32)34-16-15-33-7/h8-11,13-14,19,21-23H,1,12,15-18H2,2-7H3,(H,28,30)(H,29,31)/t21-,22+,23+/m0/s1. The summed E-state index contributed by atoms with van der Waals surface area (Å²) in [5.74, 6) is -2.59. The average molecular weight is 491 g/mol. The molecule has 8 nitrogen and oxygen atoms in total. The lowest BCUT2D eigenvalue weighted by molar-refractivity contribution is -0.153. The summed E-state index contributed by atoms with van der Waals surface area (Å²) in [5.41, 5.74) is 2.80. The van der Waals surface area contributed by atoms with Crippen LogP contribution in [0.25, 0.3) is 0 Å². The lowest BCUT2D eigenvalue weighted by Gasteiger charge is -2.33. The lowest BCUT2D eigenvalue weighted by atomic mass is 9.80. The Balaban J connectivity index is 3.01. The minimum absolute atomic E-state index is 0.0907. The van der Waals surface area contributed by atoms with E-state index in [2.05, 4.69) is 17.4 Å². The van der Waals surface area contributed by atoms with Gasteiger partial charge in [0.2, 0.25) is 11.8 Å². The van der Waals surface area contributed by atoms with Gasteiger partial charge in [-0.15, -0.1) is 6.58 Å². The maximum absolute atomic E-state index is 13.5. The van der Waals surface area contributed by atoms with E-state index in [1.54, 1.807) is 6.08 Å². The van der Waals surface area contributed by atoms with Gasteiger partial charge in [-0.3, -0.25) is 14.4 Å². The summed E-state index contributed by atoms with van der Waals surface area (Å²) in [6, 6.07) is 8.56. The molecule has 0 saturated heterocycles. The van der Waals surface area contributed by atoms with Gasteiger partial charge in [0, 0.05) is 7.11 Å². The predicted octanol–water partition coefficient (Wildman–Crippen LogP) is 3.81. The zero-order chi connectivity index (χ0) is 26.4.